The Kier molecular flexibility index (Phi) is 9.44. The van der Waals surface area contributed by atoms with E-state index in [9.17, 15) is 9.59 Å². The van der Waals surface area contributed by atoms with E-state index in [0.717, 1.165) is 60.0 Å². The van der Waals surface area contributed by atoms with E-state index in [-0.39, 0.29) is 18.4 Å². The molecule has 0 atom stereocenters. The first-order valence-electron chi connectivity index (χ1n) is 13.9. The zero-order valence-corrected chi connectivity index (χ0v) is 23.8. The third-order valence-electron chi connectivity index (χ3n) is 7.31. The number of fused-ring (bicyclic) bond motifs is 1. The fourth-order valence-corrected chi connectivity index (χ4v) is 5.33. The van der Waals surface area contributed by atoms with E-state index in [1.165, 1.54) is 13.4 Å². The Hall–Kier alpha value is -4.01. The van der Waals surface area contributed by atoms with Crippen molar-refractivity contribution in [2.45, 2.75) is 38.6 Å². The van der Waals surface area contributed by atoms with Gasteiger partial charge in [0.25, 0.3) is 11.8 Å². The summed E-state index contributed by atoms with van der Waals surface area (Å²) in [6, 6.07) is 17.1. The van der Waals surface area contributed by atoms with Crippen LogP contribution >= 0.6 is 11.6 Å². The van der Waals surface area contributed by atoms with Crippen molar-refractivity contribution < 1.29 is 18.8 Å². The standard InChI is InChI=1S/C32H33ClN4O4/c1-40-22-30(38)37-17-6-4-2-3-5-16-36(20-26-18-24(11-14-29(26)37)25-8-7-15-34-19-25)32(39)28-21-41-35-31(28)23-9-12-27(33)13-10-23/h7-15,18-19,21H,2-6,16-17,20,22H2,1H3. The van der Waals surface area contributed by atoms with Crippen LogP contribution in [0.1, 0.15) is 48.0 Å². The van der Waals surface area contributed by atoms with Crippen LogP contribution in [0.5, 0.6) is 0 Å². The number of rotatable bonds is 5. The number of aromatic nitrogens is 2. The van der Waals surface area contributed by atoms with Crippen molar-refractivity contribution in [3.05, 3.63) is 89.4 Å². The summed E-state index contributed by atoms with van der Waals surface area (Å²) in [4.78, 5) is 35.3. The fourth-order valence-electron chi connectivity index (χ4n) is 5.21. The molecular weight excluding hydrogens is 540 g/mol. The number of carbonyl (C=O) groups excluding carboxylic acids is 2. The van der Waals surface area contributed by atoms with Crippen LogP contribution in [-0.2, 0) is 16.1 Å². The first-order chi connectivity index (χ1) is 20.0. The average Bonchev–Trinajstić information content (AvgIpc) is 3.48. The summed E-state index contributed by atoms with van der Waals surface area (Å²) in [6.45, 7) is 1.44. The summed E-state index contributed by atoms with van der Waals surface area (Å²) in [6.07, 6.45) is 9.74. The predicted molar refractivity (Wildman–Crippen MR) is 159 cm³/mol. The van der Waals surface area contributed by atoms with Gasteiger partial charge in [0, 0.05) is 55.4 Å². The van der Waals surface area contributed by atoms with Crippen LogP contribution < -0.4 is 4.90 Å². The number of benzene rings is 2. The average molecular weight is 573 g/mol. The second kappa shape index (κ2) is 13.6. The molecule has 0 bridgehead atoms. The van der Waals surface area contributed by atoms with Gasteiger partial charge in [0.1, 0.15) is 24.1 Å². The van der Waals surface area contributed by atoms with Crippen molar-refractivity contribution in [3.8, 4) is 22.4 Å². The SMILES string of the molecule is COCC(=O)N1CCCCCCCN(C(=O)c2conc2-c2ccc(Cl)cc2)Cc2cc(-c3cccnc3)ccc21. The van der Waals surface area contributed by atoms with Gasteiger partial charge in [0.15, 0.2) is 0 Å². The van der Waals surface area contributed by atoms with E-state index in [0.29, 0.717) is 35.9 Å². The molecule has 0 saturated heterocycles. The quantitative estimate of drug-likeness (QED) is 0.266. The molecule has 0 saturated carbocycles. The maximum atomic E-state index is 14.1. The van der Waals surface area contributed by atoms with Crippen LogP contribution in [0.15, 0.2) is 77.8 Å². The van der Waals surface area contributed by atoms with E-state index in [2.05, 4.69) is 16.2 Å². The van der Waals surface area contributed by atoms with Crippen molar-refractivity contribution >= 4 is 29.1 Å². The Balaban J connectivity index is 1.56. The van der Waals surface area contributed by atoms with Crippen molar-refractivity contribution in [2.75, 3.05) is 31.7 Å². The molecule has 8 nitrogen and oxygen atoms in total. The van der Waals surface area contributed by atoms with E-state index < -0.39 is 0 Å². The first-order valence-corrected chi connectivity index (χ1v) is 14.2. The molecule has 0 fully saturated rings. The highest BCUT2D eigenvalue weighted by Gasteiger charge is 2.26. The molecule has 4 aromatic rings. The summed E-state index contributed by atoms with van der Waals surface area (Å²) >= 11 is 6.08. The maximum absolute atomic E-state index is 14.1. The molecule has 41 heavy (non-hydrogen) atoms. The lowest BCUT2D eigenvalue weighted by Crippen LogP contribution is -2.37. The maximum Gasteiger partial charge on any atom is 0.259 e. The molecule has 9 heteroatoms. The topological polar surface area (TPSA) is 88.8 Å². The Morgan fingerprint density at radius 3 is 2.46 bits per heavy atom. The lowest BCUT2D eigenvalue weighted by atomic mass is 10.0. The number of ether oxygens (including phenoxy) is 1. The largest absolute Gasteiger partial charge is 0.375 e. The van der Waals surface area contributed by atoms with E-state index in [4.69, 9.17) is 20.9 Å². The Bertz CT molecular complexity index is 1470. The molecule has 0 N–H and O–H groups in total. The first kappa shape index (κ1) is 28.5. The third kappa shape index (κ3) is 6.84. The van der Waals surface area contributed by atoms with Crippen LogP contribution in [0.3, 0.4) is 0 Å². The molecule has 0 unspecified atom stereocenters. The van der Waals surface area contributed by atoms with Gasteiger partial charge in [-0.25, -0.2) is 0 Å². The number of carbonyl (C=O) groups is 2. The number of pyridine rings is 1. The smallest absolute Gasteiger partial charge is 0.259 e. The van der Waals surface area contributed by atoms with Gasteiger partial charge in [-0.15, -0.1) is 0 Å². The van der Waals surface area contributed by atoms with E-state index >= 15 is 0 Å². The van der Waals surface area contributed by atoms with Crippen molar-refractivity contribution in [3.63, 3.8) is 0 Å². The highest BCUT2D eigenvalue weighted by atomic mass is 35.5. The molecule has 2 aromatic heterocycles. The van der Waals surface area contributed by atoms with Gasteiger partial charge in [-0.05, 0) is 59.9 Å². The van der Waals surface area contributed by atoms with Crippen LogP contribution in [0.2, 0.25) is 5.02 Å². The number of nitrogens with zero attached hydrogens (tertiary/aromatic N) is 4. The van der Waals surface area contributed by atoms with Crippen LogP contribution in [0.4, 0.5) is 5.69 Å². The van der Waals surface area contributed by atoms with Gasteiger partial charge in [-0.3, -0.25) is 14.6 Å². The summed E-state index contributed by atoms with van der Waals surface area (Å²) in [7, 11) is 1.53. The molecule has 212 valence electrons. The Labute approximate surface area is 244 Å². The minimum Gasteiger partial charge on any atom is -0.375 e. The minimum atomic E-state index is -0.180. The summed E-state index contributed by atoms with van der Waals surface area (Å²) in [5.74, 6) is -0.289. The van der Waals surface area contributed by atoms with Gasteiger partial charge < -0.3 is 19.1 Å². The molecule has 2 amide bonds. The number of amides is 2. The number of hydrogen-bond acceptors (Lipinski definition) is 6. The van der Waals surface area contributed by atoms with Gasteiger partial charge in [-0.1, -0.05) is 60.3 Å². The van der Waals surface area contributed by atoms with Gasteiger partial charge in [-0.2, -0.15) is 0 Å². The molecule has 0 spiro atoms. The lowest BCUT2D eigenvalue weighted by Gasteiger charge is -2.30. The molecule has 3 heterocycles. The zero-order chi connectivity index (χ0) is 28.6. The second-order valence-electron chi connectivity index (χ2n) is 10.1. The number of halogens is 1. The lowest BCUT2D eigenvalue weighted by molar-refractivity contribution is -0.122. The summed E-state index contributed by atoms with van der Waals surface area (Å²) in [5.41, 5.74) is 5.17. The van der Waals surface area contributed by atoms with Crippen LogP contribution in [0, 0.1) is 0 Å². The second-order valence-corrected chi connectivity index (χ2v) is 10.6. The normalized spacial score (nSPS) is 14.6. The minimum absolute atomic E-state index is 0.0163. The molecular formula is C32H33ClN4O4. The Morgan fingerprint density at radius 2 is 1.71 bits per heavy atom. The highest BCUT2D eigenvalue weighted by molar-refractivity contribution is 6.30. The number of methoxy groups -OCH3 is 1. The molecule has 0 radical (unpaired) electrons. The molecule has 2 aromatic carbocycles. The highest BCUT2D eigenvalue weighted by Crippen LogP contribution is 2.31. The van der Waals surface area contributed by atoms with Gasteiger partial charge in [0.05, 0.1) is 0 Å². The Morgan fingerprint density at radius 1 is 0.951 bits per heavy atom. The molecule has 1 aliphatic rings. The van der Waals surface area contributed by atoms with Gasteiger partial charge >= 0.3 is 0 Å². The molecule has 5 rings (SSSR count). The van der Waals surface area contributed by atoms with Crippen molar-refractivity contribution in [1.29, 1.82) is 0 Å². The predicted octanol–water partition coefficient (Wildman–Crippen LogP) is 6.64. The van der Waals surface area contributed by atoms with Crippen molar-refractivity contribution in [2.24, 2.45) is 0 Å². The number of anilines is 1. The van der Waals surface area contributed by atoms with E-state index in [1.54, 1.807) is 23.2 Å². The monoisotopic (exact) mass is 572 g/mol. The van der Waals surface area contributed by atoms with Crippen molar-refractivity contribution in [1.82, 2.24) is 15.0 Å². The van der Waals surface area contributed by atoms with Gasteiger partial charge in [0.2, 0.25) is 0 Å². The molecule has 1 aliphatic heterocycles. The van der Waals surface area contributed by atoms with Crippen LogP contribution in [-0.4, -0.2) is 53.7 Å². The summed E-state index contributed by atoms with van der Waals surface area (Å²) < 4.78 is 10.5. The molecule has 0 aliphatic carbocycles. The van der Waals surface area contributed by atoms with Crippen LogP contribution in [0.25, 0.3) is 22.4 Å². The third-order valence-corrected chi connectivity index (χ3v) is 7.56. The van der Waals surface area contributed by atoms with E-state index in [1.807, 2.05) is 47.5 Å². The zero-order valence-electron chi connectivity index (χ0n) is 23.1. The number of hydrogen-bond donors (Lipinski definition) is 0. The summed E-state index contributed by atoms with van der Waals surface area (Å²) in [5, 5.41) is 4.75. The fraction of sp³-hybridized carbons (Fsp3) is 0.312.